The molecule has 1 aromatic heterocycles. The van der Waals surface area contributed by atoms with Gasteiger partial charge in [0.1, 0.15) is 5.82 Å². The maximum absolute atomic E-state index is 11.3. The zero-order valence-corrected chi connectivity index (χ0v) is 10.9. The van der Waals surface area contributed by atoms with Gasteiger partial charge in [-0.1, -0.05) is 0 Å². The summed E-state index contributed by atoms with van der Waals surface area (Å²) in [6, 6.07) is 0.0615. The van der Waals surface area contributed by atoms with Crippen molar-refractivity contribution in [3.63, 3.8) is 0 Å². The van der Waals surface area contributed by atoms with Crippen LogP contribution in [-0.4, -0.2) is 35.0 Å². The summed E-state index contributed by atoms with van der Waals surface area (Å²) in [5, 5.41) is 0.828. The van der Waals surface area contributed by atoms with Crippen molar-refractivity contribution in [2.24, 2.45) is 0 Å². The van der Waals surface area contributed by atoms with Gasteiger partial charge in [0.05, 0.1) is 13.0 Å². The molecule has 0 aliphatic heterocycles. The molecule has 1 heterocycles. The van der Waals surface area contributed by atoms with Crippen molar-refractivity contribution in [2.45, 2.75) is 33.2 Å². The lowest BCUT2D eigenvalue weighted by atomic mass is 10.2. The van der Waals surface area contributed by atoms with Crippen LogP contribution >= 0.6 is 11.5 Å². The molecule has 0 saturated carbocycles. The van der Waals surface area contributed by atoms with Crippen molar-refractivity contribution in [2.75, 3.05) is 18.6 Å². The summed E-state index contributed by atoms with van der Waals surface area (Å²) in [7, 11) is 1.91. The number of hydrogen-bond acceptors (Lipinski definition) is 6. The molecule has 0 bridgehead atoms. The van der Waals surface area contributed by atoms with Gasteiger partial charge in [-0.15, -0.1) is 0 Å². The van der Waals surface area contributed by atoms with Crippen molar-refractivity contribution < 1.29 is 9.53 Å². The highest BCUT2D eigenvalue weighted by Crippen LogP contribution is 2.18. The Labute approximate surface area is 99.6 Å². The molecule has 0 aliphatic rings. The number of esters is 1. The van der Waals surface area contributed by atoms with Crippen LogP contribution in [0.3, 0.4) is 0 Å². The van der Waals surface area contributed by atoms with Crippen LogP contribution in [0, 0.1) is 6.92 Å². The summed E-state index contributed by atoms with van der Waals surface area (Å²) in [5.41, 5.74) is 0. The van der Waals surface area contributed by atoms with Crippen LogP contribution in [0.2, 0.25) is 0 Å². The van der Waals surface area contributed by atoms with Gasteiger partial charge in [0, 0.05) is 24.6 Å². The second-order valence-electron chi connectivity index (χ2n) is 3.59. The first-order chi connectivity index (χ1) is 7.54. The van der Waals surface area contributed by atoms with E-state index < -0.39 is 0 Å². The minimum absolute atomic E-state index is 0.0615. The fourth-order valence-corrected chi connectivity index (χ4v) is 1.95. The Hall–Kier alpha value is -1.17. The average molecular weight is 243 g/mol. The largest absolute Gasteiger partial charge is 0.466 e. The molecule has 90 valence electrons. The third-order valence-electron chi connectivity index (χ3n) is 2.25. The molecule has 6 heteroatoms. The molecule has 1 aromatic rings. The second-order valence-corrected chi connectivity index (χ2v) is 4.32. The Morgan fingerprint density at radius 2 is 2.31 bits per heavy atom. The molecule has 1 atom stereocenters. The average Bonchev–Trinajstić information content (AvgIpc) is 2.64. The topological polar surface area (TPSA) is 55.3 Å². The summed E-state index contributed by atoms with van der Waals surface area (Å²) in [6.07, 6.45) is 0.364. The number of nitrogens with zero attached hydrogens (tertiary/aromatic N) is 3. The van der Waals surface area contributed by atoms with Gasteiger partial charge in [0.2, 0.25) is 5.13 Å². The molecule has 0 spiro atoms. The van der Waals surface area contributed by atoms with E-state index in [1.165, 1.54) is 11.5 Å². The summed E-state index contributed by atoms with van der Waals surface area (Å²) in [5.74, 6) is 0.582. The van der Waals surface area contributed by atoms with Crippen molar-refractivity contribution in [1.82, 2.24) is 9.36 Å². The SMILES string of the molecule is CCOC(=O)CC(C)N(C)c1nc(C)ns1. The maximum atomic E-state index is 11.3. The summed E-state index contributed by atoms with van der Waals surface area (Å²) in [4.78, 5) is 17.5. The lowest BCUT2D eigenvalue weighted by molar-refractivity contribution is -0.143. The highest BCUT2D eigenvalue weighted by Gasteiger charge is 2.17. The van der Waals surface area contributed by atoms with E-state index in [0.717, 1.165) is 11.0 Å². The van der Waals surface area contributed by atoms with Crippen LogP contribution in [0.5, 0.6) is 0 Å². The molecule has 0 amide bonds. The summed E-state index contributed by atoms with van der Waals surface area (Å²) in [6.45, 7) is 6.05. The van der Waals surface area contributed by atoms with Crippen LogP contribution < -0.4 is 4.90 Å². The molecule has 0 aromatic carbocycles. The Morgan fingerprint density at radius 3 is 2.81 bits per heavy atom. The number of aryl methyl sites for hydroxylation is 1. The van der Waals surface area contributed by atoms with E-state index >= 15 is 0 Å². The molecule has 5 nitrogen and oxygen atoms in total. The molecule has 0 saturated heterocycles. The summed E-state index contributed by atoms with van der Waals surface area (Å²) >= 11 is 1.34. The van der Waals surface area contributed by atoms with Gasteiger partial charge in [-0.3, -0.25) is 4.79 Å². The summed E-state index contributed by atoms with van der Waals surface area (Å²) < 4.78 is 9.01. The number of carbonyl (C=O) groups is 1. The van der Waals surface area contributed by atoms with Crippen molar-refractivity contribution >= 4 is 22.6 Å². The van der Waals surface area contributed by atoms with Crippen LogP contribution in [0.4, 0.5) is 5.13 Å². The standard InChI is InChI=1S/C10H17N3O2S/c1-5-15-9(14)6-7(2)13(4)10-11-8(3)12-16-10/h7H,5-6H2,1-4H3. The smallest absolute Gasteiger partial charge is 0.307 e. The normalized spacial score (nSPS) is 12.2. The first-order valence-electron chi connectivity index (χ1n) is 5.23. The number of anilines is 1. The highest BCUT2D eigenvalue weighted by molar-refractivity contribution is 7.09. The van der Waals surface area contributed by atoms with E-state index in [2.05, 4.69) is 9.36 Å². The van der Waals surface area contributed by atoms with Crippen molar-refractivity contribution in [1.29, 1.82) is 0 Å². The number of ether oxygens (including phenoxy) is 1. The monoisotopic (exact) mass is 243 g/mol. The predicted molar refractivity (Wildman–Crippen MR) is 63.8 cm³/mol. The second kappa shape index (κ2) is 5.79. The van der Waals surface area contributed by atoms with Gasteiger partial charge in [0.25, 0.3) is 0 Å². The zero-order chi connectivity index (χ0) is 12.1. The van der Waals surface area contributed by atoms with Gasteiger partial charge >= 0.3 is 5.97 Å². The van der Waals surface area contributed by atoms with E-state index in [-0.39, 0.29) is 12.0 Å². The number of rotatable bonds is 5. The number of carbonyl (C=O) groups excluding carboxylic acids is 1. The molecular weight excluding hydrogens is 226 g/mol. The minimum atomic E-state index is -0.178. The van der Waals surface area contributed by atoms with E-state index in [1.807, 2.05) is 25.8 Å². The van der Waals surface area contributed by atoms with Crippen LogP contribution in [0.25, 0.3) is 0 Å². The van der Waals surface area contributed by atoms with Gasteiger partial charge < -0.3 is 9.64 Å². The molecule has 0 aliphatic carbocycles. The quantitative estimate of drug-likeness (QED) is 0.736. The van der Waals surface area contributed by atoms with Gasteiger partial charge in [-0.25, -0.2) is 4.98 Å². The zero-order valence-electron chi connectivity index (χ0n) is 10.1. The Balaban J connectivity index is 2.53. The van der Waals surface area contributed by atoms with Gasteiger partial charge in [0.15, 0.2) is 0 Å². The molecule has 16 heavy (non-hydrogen) atoms. The minimum Gasteiger partial charge on any atom is -0.466 e. The molecule has 1 rings (SSSR count). The Kier molecular flexibility index (Phi) is 4.67. The molecule has 0 fully saturated rings. The highest BCUT2D eigenvalue weighted by atomic mass is 32.1. The third-order valence-corrected chi connectivity index (χ3v) is 3.15. The molecular formula is C10H17N3O2S. The molecule has 1 unspecified atom stereocenters. The van der Waals surface area contributed by atoms with E-state index in [0.29, 0.717) is 13.0 Å². The maximum Gasteiger partial charge on any atom is 0.307 e. The van der Waals surface area contributed by atoms with Crippen LogP contribution in [0.15, 0.2) is 0 Å². The fourth-order valence-electron chi connectivity index (χ4n) is 1.22. The van der Waals surface area contributed by atoms with E-state index in [4.69, 9.17) is 4.74 Å². The predicted octanol–water partition coefficient (Wildman–Crippen LogP) is 1.62. The lowest BCUT2D eigenvalue weighted by Gasteiger charge is -2.22. The first kappa shape index (κ1) is 12.9. The molecule has 0 N–H and O–H groups in total. The Bertz CT molecular complexity index is 354. The Morgan fingerprint density at radius 1 is 1.62 bits per heavy atom. The number of hydrogen-bond donors (Lipinski definition) is 0. The van der Waals surface area contributed by atoms with E-state index in [9.17, 15) is 4.79 Å². The van der Waals surface area contributed by atoms with Gasteiger partial charge in [-0.2, -0.15) is 4.37 Å². The first-order valence-corrected chi connectivity index (χ1v) is 6.00. The lowest BCUT2D eigenvalue weighted by Crippen LogP contribution is -2.31. The van der Waals surface area contributed by atoms with Crippen molar-refractivity contribution in [3.05, 3.63) is 5.82 Å². The van der Waals surface area contributed by atoms with Gasteiger partial charge in [-0.05, 0) is 20.8 Å². The van der Waals surface area contributed by atoms with Crippen LogP contribution in [0.1, 0.15) is 26.1 Å². The molecule has 0 radical (unpaired) electrons. The van der Waals surface area contributed by atoms with Crippen LogP contribution in [-0.2, 0) is 9.53 Å². The third kappa shape index (κ3) is 3.44. The van der Waals surface area contributed by atoms with E-state index in [1.54, 1.807) is 6.92 Å². The number of aromatic nitrogens is 2. The fraction of sp³-hybridized carbons (Fsp3) is 0.700. The van der Waals surface area contributed by atoms with Crippen molar-refractivity contribution in [3.8, 4) is 0 Å².